The van der Waals surface area contributed by atoms with Gasteiger partial charge in [-0.2, -0.15) is 0 Å². The molecule has 2 fully saturated rings. The van der Waals surface area contributed by atoms with Gasteiger partial charge in [0, 0.05) is 45.4 Å². The molecular formula is C29H46N9O12P. The van der Waals surface area contributed by atoms with E-state index >= 15 is 0 Å². The number of H-pyrrole nitrogens is 1. The molecule has 0 spiro atoms. The standard InChI is InChI=1S/C29H46N9O12P/c1-13(2)46-11-17-15(21(44-5)26(48-17)37-8-7-18(39)34-29(37)41)9-19(40)32-10-16-22(50-51(42,43)49-14(3)4)23(45-6)27(47-16)38-12-33-20-24(30)35-28(31)36-25(20)38/h7-8,12-17,21-24,26-27H,9-11,30H2,1-6H3,(H,32,40)(H,42,43)(H3,31,35,36)(H,34,39,41)/t15?,16-,17-,21?,22?,23?,24?,26-,27-/m1/s1. The summed E-state index contributed by atoms with van der Waals surface area (Å²) in [7, 11) is -1.85. The van der Waals surface area contributed by atoms with Crippen LogP contribution in [0.1, 0.15) is 58.4 Å². The van der Waals surface area contributed by atoms with E-state index in [9.17, 15) is 23.8 Å². The van der Waals surface area contributed by atoms with Gasteiger partial charge in [-0.3, -0.25) is 32.8 Å². The number of aromatic amines is 1. The molecule has 0 saturated carbocycles. The van der Waals surface area contributed by atoms with Crippen LogP contribution in [-0.4, -0.2) is 106 Å². The van der Waals surface area contributed by atoms with Crippen molar-refractivity contribution in [2.24, 2.45) is 22.4 Å². The predicted octanol–water partition coefficient (Wildman–Crippen LogP) is -0.586. The van der Waals surface area contributed by atoms with Crippen molar-refractivity contribution in [3.63, 3.8) is 0 Å². The third-order valence-corrected chi connectivity index (χ3v) is 9.66. The summed E-state index contributed by atoms with van der Waals surface area (Å²) < 4.78 is 56.4. The van der Waals surface area contributed by atoms with Crippen molar-refractivity contribution < 1.29 is 47.0 Å². The van der Waals surface area contributed by atoms with Crippen LogP contribution in [0.2, 0.25) is 0 Å². The van der Waals surface area contributed by atoms with Gasteiger partial charge in [0.1, 0.15) is 42.1 Å². The van der Waals surface area contributed by atoms with Crippen molar-refractivity contribution >= 4 is 25.5 Å². The predicted molar refractivity (Wildman–Crippen MR) is 178 cm³/mol. The number of nitrogens with two attached hydrogens (primary N) is 2. The third-order valence-electron chi connectivity index (χ3n) is 8.47. The number of nitrogens with zero attached hydrogens (tertiary/aromatic N) is 4. The summed E-state index contributed by atoms with van der Waals surface area (Å²) in [6, 6.07) is 1.18. The normalized spacial score (nSPS) is 30.2. The zero-order valence-electron chi connectivity index (χ0n) is 29.0. The van der Waals surface area contributed by atoms with Crippen LogP contribution >= 0.6 is 7.82 Å². The lowest BCUT2D eigenvalue weighted by Crippen LogP contribution is -2.43. The second kappa shape index (κ2) is 16.0. The third kappa shape index (κ3) is 8.76. The van der Waals surface area contributed by atoms with Crippen LogP contribution in [0.4, 0.5) is 5.82 Å². The molecule has 0 bridgehead atoms. The molecule has 10 atom stereocenters. The lowest BCUT2D eigenvalue weighted by molar-refractivity contribution is -0.124. The van der Waals surface area contributed by atoms with Crippen molar-refractivity contribution in [3.8, 4) is 0 Å². The first kappa shape index (κ1) is 38.7. The first-order valence-electron chi connectivity index (χ1n) is 16.3. The maximum absolute atomic E-state index is 13.6. The van der Waals surface area contributed by atoms with Gasteiger partial charge in [-0.05, 0) is 27.7 Å². The maximum Gasteiger partial charge on any atom is 0.472 e. The molecule has 0 aromatic carbocycles. The number of fused-ring (bicyclic) bond motifs is 1. The van der Waals surface area contributed by atoms with Crippen LogP contribution in [0, 0.1) is 5.92 Å². The lowest BCUT2D eigenvalue weighted by Gasteiger charge is -2.27. The Morgan fingerprint density at radius 2 is 1.76 bits per heavy atom. The number of carbonyl (C=O) groups is 1. The minimum Gasteiger partial charge on any atom is -0.376 e. The summed E-state index contributed by atoms with van der Waals surface area (Å²) in [6.07, 6.45) is -5.83. The quantitative estimate of drug-likeness (QED) is 0.124. The number of aromatic nitrogens is 4. The fourth-order valence-electron chi connectivity index (χ4n) is 6.32. The van der Waals surface area contributed by atoms with Crippen LogP contribution in [0.25, 0.3) is 0 Å². The molecule has 2 aromatic rings. The summed E-state index contributed by atoms with van der Waals surface area (Å²) in [5.41, 5.74) is 11.1. The molecule has 6 unspecified atom stereocenters. The molecule has 284 valence electrons. The Balaban J connectivity index is 1.37. The minimum absolute atomic E-state index is 0.0422. The van der Waals surface area contributed by atoms with Gasteiger partial charge in [0.2, 0.25) is 5.91 Å². The van der Waals surface area contributed by atoms with Crippen molar-refractivity contribution in [2.45, 2.75) is 95.5 Å². The molecule has 0 aliphatic carbocycles. The Bertz CT molecular complexity index is 1730. The van der Waals surface area contributed by atoms with E-state index in [2.05, 4.69) is 25.6 Å². The molecule has 2 aromatic heterocycles. The molecule has 8 N–H and O–H groups in total. The van der Waals surface area contributed by atoms with E-state index in [1.165, 1.54) is 37.4 Å². The number of ether oxygens (including phenoxy) is 5. The van der Waals surface area contributed by atoms with Gasteiger partial charge in [-0.1, -0.05) is 0 Å². The fourth-order valence-corrected chi connectivity index (χ4v) is 7.46. The number of hydrogen-bond acceptors (Lipinski definition) is 16. The van der Waals surface area contributed by atoms with Gasteiger partial charge in [0.25, 0.3) is 5.56 Å². The molecule has 0 radical (unpaired) electrons. The molecule has 3 aliphatic heterocycles. The second-order valence-electron chi connectivity index (χ2n) is 12.8. The first-order valence-corrected chi connectivity index (χ1v) is 17.8. The number of carbonyl (C=O) groups excluding carboxylic acids is 1. The van der Waals surface area contributed by atoms with E-state index in [1.807, 2.05) is 13.8 Å². The minimum atomic E-state index is -4.65. The molecule has 5 heterocycles. The average Bonchev–Trinajstić information content (AvgIpc) is 3.71. The Hall–Kier alpha value is -3.50. The molecule has 21 nitrogen and oxygen atoms in total. The van der Waals surface area contributed by atoms with Crippen LogP contribution in [0.5, 0.6) is 0 Å². The zero-order valence-corrected chi connectivity index (χ0v) is 29.9. The number of rotatable bonds is 15. The Kier molecular flexibility index (Phi) is 12.2. The number of imidazole rings is 1. The van der Waals surface area contributed by atoms with Crippen molar-refractivity contribution in [1.82, 2.24) is 24.4 Å². The number of guanidine groups is 1. The topological polar surface area (TPSA) is 280 Å². The highest BCUT2D eigenvalue weighted by atomic mass is 31.2. The van der Waals surface area contributed by atoms with E-state index in [0.29, 0.717) is 11.5 Å². The Morgan fingerprint density at radius 3 is 2.41 bits per heavy atom. The van der Waals surface area contributed by atoms with E-state index in [1.54, 1.807) is 18.4 Å². The van der Waals surface area contributed by atoms with E-state index in [-0.39, 0.29) is 31.6 Å². The van der Waals surface area contributed by atoms with Crippen molar-refractivity contribution in [1.29, 1.82) is 0 Å². The zero-order chi connectivity index (χ0) is 37.2. The number of methoxy groups -OCH3 is 2. The summed E-state index contributed by atoms with van der Waals surface area (Å²) >= 11 is 0. The van der Waals surface area contributed by atoms with Crippen molar-refractivity contribution in [3.05, 3.63) is 45.1 Å². The van der Waals surface area contributed by atoms with Gasteiger partial charge < -0.3 is 50.7 Å². The fraction of sp³-hybridized carbons (Fsp3) is 0.690. The number of phosphoric ester groups is 1. The number of aliphatic imine (C=N–C) groups is 1. The molecule has 51 heavy (non-hydrogen) atoms. The summed E-state index contributed by atoms with van der Waals surface area (Å²) in [6.45, 7) is 6.73. The maximum atomic E-state index is 13.6. The molecule has 2 saturated heterocycles. The SMILES string of the molecule is COC1C(OP(=O)(O)OC(C)C)[C@@H](CNC(=O)CC2C(OC)[C@H](n3ccc(=O)[nH]c3=O)O[C@@H]2COC(C)C)O[C@H]1n1cnc2c1NC(N)=NC2N. The summed E-state index contributed by atoms with van der Waals surface area (Å²) in [4.78, 5) is 59.2. The Morgan fingerprint density at radius 1 is 1.08 bits per heavy atom. The largest absolute Gasteiger partial charge is 0.472 e. The van der Waals surface area contributed by atoms with E-state index in [4.69, 9.17) is 44.2 Å². The van der Waals surface area contributed by atoms with Crippen LogP contribution in [-0.2, 0) is 42.1 Å². The molecule has 3 aliphatic rings. The molecule has 5 rings (SSSR count). The van der Waals surface area contributed by atoms with Gasteiger partial charge >= 0.3 is 13.5 Å². The lowest BCUT2D eigenvalue weighted by atomic mass is 9.93. The average molecular weight is 744 g/mol. The molecule has 22 heteroatoms. The van der Waals surface area contributed by atoms with Crippen LogP contribution in [0.3, 0.4) is 0 Å². The highest BCUT2D eigenvalue weighted by Gasteiger charge is 2.52. The number of amides is 1. The number of nitrogens with one attached hydrogen (secondary N) is 3. The number of hydrogen-bond donors (Lipinski definition) is 6. The first-order chi connectivity index (χ1) is 24.1. The van der Waals surface area contributed by atoms with Crippen molar-refractivity contribution in [2.75, 3.05) is 32.7 Å². The highest BCUT2D eigenvalue weighted by Crippen LogP contribution is 2.50. The molecule has 1 amide bonds. The molecular weight excluding hydrogens is 697 g/mol. The number of phosphoric acid groups is 1. The van der Waals surface area contributed by atoms with Gasteiger partial charge in [-0.15, -0.1) is 0 Å². The van der Waals surface area contributed by atoms with Gasteiger partial charge in [-0.25, -0.2) is 19.3 Å². The van der Waals surface area contributed by atoms with Crippen LogP contribution < -0.4 is 33.3 Å². The monoisotopic (exact) mass is 743 g/mol. The van der Waals surface area contributed by atoms with Gasteiger partial charge in [0.05, 0.1) is 31.2 Å². The summed E-state index contributed by atoms with van der Waals surface area (Å²) in [5, 5.41) is 5.73. The van der Waals surface area contributed by atoms with Crippen LogP contribution in [0.15, 0.2) is 33.2 Å². The van der Waals surface area contributed by atoms with E-state index in [0.717, 1.165) is 0 Å². The van der Waals surface area contributed by atoms with E-state index < -0.39 is 86.1 Å². The number of anilines is 1. The Labute approximate surface area is 292 Å². The second-order valence-corrected chi connectivity index (χ2v) is 14.1. The van der Waals surface area contributed by atoms with Gasteiger partial charge in [0.15, 0.2) is 18.4 Å². The summed E-state index contributed by atoms with van der Waals surface area (Å²) in [5.74, 6) is -0.656. The smallest absolute Gasteiger partial charge is 0.376 e. The highest BCUT2D eigenvalue weighted by molar-refractivity contribution is 7.47.